The molecule has 1 fully saturated rings. The second kappa shape index (κ2) is 10.8. The SMILES string of the molecule is CNS(=O)(=O)c1ccccc1[C@@]1(NS(=O)C(C)(C)C)[C@@H]2CC[C@H]1Cc1cc(OCc3ccccc3)ccc1C2. The molecule has 3 aromatic carbocycles. The van der Waals surface area contributed by atoms with Gasteiger partial charge in [0, 0.05) is 0 Å². The Labute approximate surface area is 235 Å². The lowest BCUT2D eigenvalue weighted by Crippen LogP contribution is -2.55. The summed E-state index contributed by atoms with van der Waals surface area (Å²) in [7, 11) is -3.70. The number of fused-ring (bicyclic) bond motifs is 3. The predicted octanol–water partition coefficient (Wildman–Crippen LogP) is 5.25. The fraction of sp³-hybridized carbons (Fsp3) is 0.419. The Kier molecular flexibility index (Phi) is 7.76. The summed E-state index contributed by atoms with van der Waals surface area (Å²) in [5.41, 5.74) is 3.52. The lowest BCUT2D eigenvalue weighted by Gasteiger charge is -2.42. The van der Waals surface area contributed by atoms with E-state index in [9.17, 15) is 12.6 Å². The highest BCUT2D eigenvalue weighted by Gasteiger charge is 2.55. The van der Waals surface area contributed by atoms with Crippen LogP contribution in [0.15, 0.2) is 77.7 Å². The van der Waals surface area contributed by atoms with Crippen molar-refractivity contribution in [3.05, 3.63) is 95.1 Å². The van der Waals surface area contributed by atoms with Crippen molar-refractivity contribution in [3.63, 3.8) is 0 Å². The van der Waals surface area contributed by atoms with Gasteiger partial charge in [-0.2, -0.15) is 0 Å². The standard InChI is InChI=1S/C31H38N2O4S2/c1-30(2,3)38(34)33-31(28-12-8-9-13-29(28)39(35,36)32-4)25-15-16-26(31)19-24-20-27(17-14-23(24)18-25)37-21-22-10-6-5-7-11-22/h5-14,17,20,25-26,32-33H,15-16,18-19,21H2,1-4H3/t25-,26+,31-,38?/m1/s1. The highest BCUT2D eigenvalue weighted by molar-refractivity contribution is 7.89. The maximum atomic E-state index is 13.7. The third-order valence-electron chi connectivity index (χ3n) is 8.22. The molecular formula is C31H38N2O4S2. The number of nitrogens with one attached hydrogen (secondary N) is 2. The first-order valence-corrected chi connectivity index (χ1v) is 16.2. The Hall–Kier alpha value is -2.52. The molecular weight excluding hydrogens is 528 g/mol. The lowest BCUT2D eigenvalue weighted by atomic mass is 9.74. The predicted molar refractivity (Wildman–Crippen MR) is 156 cm³/mol. The minimum atomic E-state index is -3.74. The van der Waals surface area contributed by atoms with Gasteiger partial charge in [-0.1, -0.05) is 54.6 Å². The van der Waals surface area contributed by atoms with E-state index in [-0.39, 0.29) is 16.7 Å². The van der Waals surface area contributed by atoms with Crippen LogP contribution in [0, 0.1) is 11.8 Å². The van der Waals surface area contributed by atoms with Gasteiger partial charge in [-0.15, -0.1) is 0 Å². The van der Waals surface area contributed by atoms with Crippen LogP contribution in [0.4, 0.5) is 0 Å². The van der Waals surface area contributed by atoms with Gasteiger partial charge in [-0.25, -0.2) is 22.1 Å². The van der Waals surface area contributed by atoms with Crippen molar-refractivity contribution in [2.45, 2.75) is 68.2 Å². The number of sulfonamides is 1. The third kappa shape index (κ3) is 5.44. The summed E-state index contributed by atoms with van der Waals surface area (Å²) < 4.78 is 51.9. The second-order valence-electron chi connectivity index (χ2n) is 11.6. The van der Waals surface area contributed by atoms with Crippen molar-refractivity contribution in [1.82, 2.24) is 9.44 Å². The summed E-state index contributed by atoms with van der Waals surface area (Å²) in [6, 6.07) is 23.6. The van der Waals surface area contributed by atoms with E-state index in [0.29, 0.717) is 12.2 Å². The van der Waals surface area contributed by atoms with E-state index in [1.54, 1.807) is 12.1 Å². The lowest BCUT2D eigenvalue weighted by molar-refractivity contribution is 0.223. The molecule has 6 nitrogen and oxygen atoms in total. The molecule has 0 spiro atoms. The van der Waals surface area contributed by atoms with Crippen molar-refractivity contribution in [2.75, 3.05) is 7.05 Å². The van der Waals surface area contributed by atoms with Gasteiger partial charge in [0.2, 0.25) is 10.0 Å². The van der Waals surface area contributed by atoms with Gasteiger partial charge in [0.25, 0.3) is 0 Å². The summed E-state index contributed by atoms with van der Waals surface area (Å²) in [5, 5.41) is 0. The van der Waals surface area contributed by atoms with E-state index < -0.39 is 31.3 Å². The molecule has 3 aromatic rings. The first kappa shape index (κ1) is 28.0. The number of ether oxygens (including phenoxy) is 1. The van der Waals surface area contributed by atoms with Crippen molar-refractivity contribution >= 4 is 21.0 Å². The van der Waals surface area contributed by atoms with Gasteiger partial charge < -0.3 is 4.74 Å². The molecule has 0 radical (unpaired) electrons. The fourth-order valence-electron chi connectivity index (χ4n) is 6.19. The maximum Gasteiger partial charge on any atom is 0.240 e. The molecule has 0 saturated heterocycles. The summed E-state index contributed by atoms with van der Waals surface area (Å²) >= 11 is 0. The Morgan fingerprint density at radius 3 is 2.23 bits per heavy atom. The van der Waals surface area contributed by atoms with Crippen LogP contribution in [0.3, 0.4) is 0 Å². The average Bonchev–Trinajstić information content (AvgIpc) is 3.17. The molecule has 8 heteroatoms. The molecule has 2 aliphatic rings. The van der Waals surface area contributed by atoms with Gasteiger partial charge in [0.1, 0.15) is 12.4 Å². The molecule has 39 heavy (non-hydrogen) atoms. The average molecular weight is 567 g/mol. The zero-order chi connectivity index (χ0) is 27.8. The van der Waals surface area contributed by atoms with E-state index in [4.69, 9.17) is 4.74 Å². The minimum absolute atomic E-state index is 0.0626. The summed E-state index contributed by atoms with van der Waals surface area (Å²) in [5.74, 6) is 0.970. The number of hydrogen-bond donors (Lipinski definition) is 2. The Morgan fingerprint density at radius 2 is 1.56 bits per heavy atom. The number of hydrogen-bond acceptors (Lipinski definition) is 4. The number of benzene rings is 3. The van der Waals surface area contributed by atoms with Crippen molar-refractivity contribution in [2.24, 2.45) is 11.8 Å². The number of rotatable bonds is 8. The molecule has 208 valence electrons. The highest BCUT2D eigenvalue weighted by atomic mass is 32.2. The van der Waals surface area contributed by atoms with E-state index in [1.165, 1.54) is 18.2 Å². The van der Waals surface area contributed by atoms with Crippen molar-refractivity contribution < 1.29 is 17.4 Å². The van der Waals surface area contributed by atoms with E-state index in [0.717, 1.165) is 37.0 Å². The zero-order valence-electron chi connectivity index (χ0n) is 23.1. The molecule has 4 atom stereocenters. The molecule has 0 aliphatic heterocycles. The molecule has 1 unspecified atom stereocenters. The normalized spacial score (nSPS) is 23.6. The summed E-state index contributed by atoms with van der Waals surface area (Å²) in [4.78, 5) is 0.251. The third-order valence-corrected chi connectivity index (χ3v) is 11.3. The molecule has 2 bridgehead atoms. The van der Waals surface area contributed by atoms with E-state index in [2.05, 4.69) is 33.7 Å². The van der Waals surface area contributed by atoms with Crippen LogP contribution in [0.2, 0.25) is 0 Å². The first-order valence-electron chi connectivity index (χ1n) is 13.6. The zero-order valence-corrected chi connectivity index (χ0v) is 24.7. The minimum Gasteiger partial charge on any atom is -0.489 e. The van der Waals surface area contributed by atoms with Gasteiger partial charge in [-0.05, 0) is 106 Å². The van der Waals surface area contributed by atoms with Gasteiger partial charge in [0.05, 0.1) is 26.2 Å². The van der Waals surface area contributed by atoms with E-state index >= 15 is 0 Å². The molecule has 2 aliphatic carbocycles. The van der Waals surface area contributed by atoms with Crippen LogP contribution in [0.5, 0.6) is 5.75 Å². The Balaban J connectivity index is 1.57. The molecule has 1 saturated carbocycles. The van der Waals surface area contributed by atoms with Crippen LogP contribution in [-0.2, 0) is 46.0 Å². The van der Waals surface area contributed by atoms with Crippen molar-refractivity contribution in [1.29, 1.82) is 0 Å². The molecule has 5 rings (SSSR count). The van der Waals surface area contributed by atoms with Crippen molar-refractivity contribution in [3.8, 4) is 5.75 Å². The van der Waals surface area contributed by atoms with Crippen LogP contribution in [-0.4, -0.2) is 24.4 Å². The van der Waals surface area contributed by atoms with E-state index in [1.807, 2.05) is 57.2 Å². The van der Waals surface area contributed by atoms with Gasteiger partial charge in [-0.3, -0.25) is 0 Å². The first-order chi connectivity index (χ1) is 18.5. The Morgan fingerprint density at radius 1 is 0.923 bits per heavy atom. The van der Waals surface area contributed by atoms with Gasteiger partial charge >= 0.3 is 0 Å². The monoisotopic (exact) mass is 566 g/mol. The van der Waals surface area contributed by atoms with Crippen LogP contribution in [0.25, 0.3) is 0 Å². The maximum absolute atomic E-state index is 13.7. The molecule has 0 amide bonds. The smallest absolute Gasteiger partial charge is 0.240 e. The van der Waals surface area contributed by atoms with Crippen LogP contribution >= 0.6 is 0 Å². The topological polar surface area (TPSA) is 84.5 Å². The highest BCUT2D eigenvalue weighted by Crippen LogP contribution is 2.54. The largest absolute Gasteiger partial charge is 0.489 e. The van der Waals surface area contributed by atoms with Crippen LogP contribution < -0.4 is 14.2 Å². The Bertz CT molecular complexity index is 1470. The summed E-state index contributed by atoms with van der Waals surface area (Å²) in [6.45, 7) is 6.34. The van der Waals surface area contributed by atoms with Gasteiger partial charge in [0.15, 0.2) is 0 Å². The molecule has 2 N–H and O–H groups in total. The summed E-state index contributed by atoms with van der Waals surface area (Å²) in [6.07, 6.45) is 3.36. The second-order valence-corrected chi connectivity index (χ2v) is 15.5. The van der Waals surface area contributed by atoms with Crippen LogP contribution in [0.1, 0.15) is 55.9 Å². The molecule has 0 aromatic heterocycles. The quantitative estimate of drug-likeness (QED) is 0.390. The fourth-order valence-corrected chi connectivity index (χ4v) is 8.25. The molecule has 0 heterocycles.